The molecular weight excluding hydrogens is 206 g/mol. The van der Waals surface area contributed by atoms with E-state index < -0.39 is 5.97 Å². The number of aryl methyl sites for hydroxylation is 1. The molecule has 0 spiro atoms. The van der Waals surface area contributed by atoms with Crippen molar-refractivity contribution in [2.24, 2.45) is 0 Å². The van der Waals surface area contributed by atoms with Gasteiger partial charge in [0.15, 0.2) is 0 Å². The highest BCUT2D eigenvalue weighted by atomic mass is 16.4. The Morgan fingerprint density at radius 1 is 1.50 bits per heavy atom. The van der Waals surface area contributed by atoms with Crippen LogP contribution in [0, 0.1) is 6.92 Å². The zero-order valence-corrected chi connectivity index (χ0v) is 9.53. The molecule has 88 valence electrons. The Balaban J connectivity index is 2.98. The first-order chi connectivity index (χ1) is 7.58. The molecule has 0 fully saturated rings. The van der Waals surface area contributed by atoms with Crippen LogP contribution in [0.3, 0.4) is 0 Å². The first-order valence-electron chi connectivity index (χ1n) is 5.29. The molecular formula is C12H17NO3. The van der Waals surface area contributed by atoms with Crippen LogP contribution in [0.1, 0.15) is 29.3 Å². The van der Waals surface area contributed by atoms with Crippen molar-refractivity contribution in [3.05, 3.63) is 29.3 Å². The molecule has 0 aliphatic heterocycles. The van der Waals surface area contributed by atoms with Gasteiger partial charge in [-0.05, 0) is 25.5 Å². The van der Waals surface area contributed by atoms with Crippen molar-refractivity contribution in [3.8, 4) is 0 Å². The van der Waals surface area contributed by atoms with Crippen molar-refractivity contribution >= 4 is 11.7 Å². The summed E-state index contributed by atoms with van der Waals surface area (Å²) >= 11 is 0. The Labute approximate surface area is 94.9 Å². The Kier molecular flexibility index (Phi) is 4.31. The average molecular weight is 223 g/mol. The van der Waals surface area contributed by atoms with E-state index in [-0.39, 0.29) is 18.2 Å². The topological polar surface area (TPSA) is 69.6 Å². The fraction of sp³-hybridized carbons (Fsp3) is 0.417. The lowest BCUT2D eigenvalue weighted by atomic mass is 10.1. The highest BCUT2D eigenvalue weighted by Gasteiger charge is 2.12. The Bertz CT molecular complexity index is 373. The van der Waals surface area contributed by atoms with E-state index >= 15 is 0 Å². The second-order valence-corrected chi connectivity index (χ2v) is 3.79. The van der Waals surface area contributed by atoms with Crippen molar-refractivity contribution < 1.29 is 15.0 Å². The van der Waals surface area contributed by atoms with Gasteiger partial charge in [-0.25, -0.2) is 4.79 Å². The smallest absolute Gasteiger partial charge is 0.337 e. The number of rotatable bonds is 5. The molecule has 1 atom stereocenters. The van der Waals surface area contributed by atoms with Crippen molar-refractivity contribution in [1.82, 2.24) is 0 Å². The average Bonchev–Trinajstić information content (AvgIpc) is 2.27. The van der Waals surface area contributed by atoms with Crippen LogP contribution in [0.2, 0.25) is 0 Å². The molecule has 0 aliphatic carbocycles. The quantitative estimate of drug-likeness (QED) is 0.712. The number of carbonyl (C=O) groups is 1. The minimum absolute atomic E-state index is 0.0105. The Morgan fingerprint density at radius 2 is 2.19 bits per heavy atom. The Hall–Kier alpha value is -1.55. The van der Waals surface area contributed by atoms with Gasteiger partial charge in [0.05, 0.1) is 12.2 Å². The number of anilines is 1. The van der Waals surface area contributed by atoms with Crippen molar-refractivity contribution in [3.63, 3.8) is 0 Å². The van der Waals surface area contributed by atoms with Gasteiger partial charge in [-0.2, -0.15) is 0 Å². The summed E-state index contributed by atoms with van der Waals surface area (Å²) in [5.41, 5.74) is 1.70. The molecule has 1 aromatic carbocycles. The molecule has 0 saturated carbocycles. The Morgan fingerprint density at radius 3 is 2.69 bits per heavy atom. The first kappa shape index (κ1) is 12.5. The molecule has 4 heteroatoms. The standard InChI is InChI=1S/C12H17NO3/c1-3-9(7-14)13-11-5-4-8(2)6-10(11)12(15)16/h4-6,9,13-14H,3,7H2,1-2H3,(H,15,16). The monoisotopic (exact) mass is 223 g/mol. The van der Waals surface area contributed by atoms with Gasteiger partial charge < -0.3 is 15.5 Å². The number of carboxylic acid groups (broad SMARTS) is 1. The summed E-state index contributed by atoms with van der Waals surface area (Å²) in [6, 6.07) is 5.09. The van der Waals surface area contributed by atoms with E-state index in [0.717, 1.165) is 12.0 Å². The highest BCUT2D eigenvalue weighted by Crippen LogP contribution is 2.18. The second kappa shape index (κ2) is 5.51. The molecule has 4 nitrogen and oxygen atoms in total. The van der Waals surface area contributed by atoms with Crippen LogP contribution in [-0.2, 0) is 0 Å². The maximum absolute atomic E-state index is 11.0. The van der Waals surface area contributed by atoms with E-state index in [4.69, 9.17) is 10.2 Å². The molecule has 0 saturated heterocycles. The van der Waals surface area contributed by atoms with Crippen molar-refractivity contribution in [2.45, 2.75) is 26.3 Å². The van der Waals surface area contributed by atoms with Crippen LogP contribution < -0.4 is 5.32 Å². The number of hydrogen-bond acceptors (Lipinski definition) is 3. The van der Waals surface area contributed by atoms with E-state index in [9.17, 15) is 4.79 Å². The molecule has 1 unspecified atom stereocenters. The van der Waals surface area contributed by atoms with Crippen LogP contribution in [0.5, 0.6) is 0 Å². The summed E-state index contributed by atoms with van der Waals surface area (Å²) < 4.78 is 0. The third-order valence-corrected chi connectivity index (χ3v) is 2.48. The number of aromatic carboxylic acids is 1. The zero-order chi connectivity index (χ0) is 12.1. The first-order valence-corrected chi connectivity index (χ1v) is 5.29. The van der Waals surface area contributed by atoms with Crippen LogP contribution in [0.15, 0.2) is 18.2 Å². The number of benzene rings is 1. The lowest BCUT2D eigenvalue weighted by Crippen LogP contribution is -2.23. The molecule has 0 aliphatic rings. The SMILES string of the molecule is CCC(CO)Nc1ccc(C)cc1C(=O)O. The summed E-state index contributed by atoms with van der Waals surface area (Å²) in [6.45, 7) is 3.77. The predicted octanol–water partition coefficient (Wildman–Crippen LogP) is 1.88. The van der Waals surface area contributed by atoms with Crippen LogP contribution in [-0.4, -0.2) is 28.8 Å². The highest BCUT2D eigenvalue weighted by molar-refractivity contribution is 5.94. The molecule has 1 aromatic rings. The maximum Gasteiger partial charge on any atom is 0.337 e. The summed E-state index contributed by atoms with van der Waals surface area (Å²) in [4.78, 5) is 11.0. The van der Waals surface area contributed by atoms with Gasteiger partial charge in [-0.3, -0.25) is 0 Å². The summed E-state index contributed by atoms with van der Waals surface area (Å²) in [7, 11) is 0. The third-order valence-electron chi connectivity index (χ3n) is 2.48. The molecule has 3 N–H and O–H groups in total. The maximum atomic E-state index is 11.0. The predicted molar refractivity (Wildman–Crippen MR) is 62.9 cm³/mol. The minimum Gasteiger partial charge on any atom is -0.478 e. The van der Waals surface area contributed by atoms with E-state index in [0.29, 0.717) is 5.69 Å². The van der Waals surface area contributed by atoms with Crippen LogP contribution >= 0.6 is 0 Å². The van der Waals surface area contributed by atoms with Gasteiger partial charge in [-0.15, -0.1) is 0 Å². The van der Waals surface area contributed by atoms with Gasteiger partial charge in [0.1, 0.15) is 0 Å². The lowest BCUT2D eigenvalue weighted by molar-refractivity contribution is 0.0697. The van der Waals surface area contributed by atoms with E-state index in [1.807, 2.05) is 19.9 Å². The lowest BCUT2D eigenvalue weighted by Gasteiger charge is -2.17. The van der Waals surface area contributed by atoms with Crippen LogP contribution in [0.25, 0.3) is 0 Å². The summed E-state index contributed by atoms with van der Waals surface area (Å²) in [5.74, 6) is -0.959. The van der Waals surface area contributed by atoms with Crippen molar-refractivity contribution in [2.75, 3.05) is 11.9 Å². The second-order valence-electron chi connectivity index (χ2n) is 3.79. The molecule has 16 heavy (non-hydrogen) atoms. The van der Waals surface area contributed by atoms with Gasteiger partial charge in [0.25, 0.3) is 0 Å². The molecule has 0 heterocycles. The number of hydrogen-bond donors (Lipinski definition) is 3. The molecule has 0 bridgehead atoms. The molecule has 0 amide bonds. The van der Waals surface area contributed by atoms with E-state index in [1.54, 1.807) is 12.1 Å². The number of aliphatic hydroxyl groups is 1. The van der Waals surface area contributed by atoms with E-state index in [2.05, 4.69) is 5.32 Å². The molecule has 0 aromatic heterocycles. The van der Waals surface area contributed by atoms with Gasteiger partial charge in [0.2, 0.25) is 0 Å². The van der Waals surface area contributed by atoms with Gasteiger partial charge in [-0.1, -0.05) is 18.6 Å². The molecule has 1 rings (SSSR count). The number of aliphatic hydroxyl groups excluding tert-OH is 1. The summed E-state index contributed by atoms with van der Waals surface area (Å²) in [5, 5.41) is 21.1. The molecule has 0 radical (unpaired) electrons. The fourth-order valence-corrected chi connectivity index (χ4v) is 1.46. The third kappa shape index (κ3) is 2.97. The zero-order valence-electron chi connectivity index (χ0n) is 9.53. The normalized spacial score (nSPS) is 12.2. The van der Waals surface area contributed by atoms with Gasteiger partial charge >= 0.3 is 5.97 Å². The van der Waals surface area contributed by atoms with E-state index in [1.165, 1.54) is 0 Å². The largest absolute Gasteiger partial charge is 0.478 e. The fourth-order valence-electron chi connectivity index (χ4n) is 1.46. The van der Waals surface area contributed by atoms with Crippen LogP contribution in [0.4, 0.5) is 5.69 Å². The number of nitrogens with one attached hydrogen (secondary N) is 1. The minimum atomic E-state index is -0.959. The number of carboxylic acids is 1. The summed E-state index contributed by atoms with van der Waals surface area (Å²) in [6.07, 6.45) is 0.740. The van der Waals surface area contributed by atoms with Crippen molar-refractivity contribution in [1.29, 1.82) is 0 Å². The van der Waals surface area contributed by atoms with Gasteiger partial charge in [0, 0.05) is 11.7 Å².